The minimum atomic E-state index is -0.128. The number of methoxy groups -OCH3 is 1. The molecule has 0 saturated heterocycles. The van der Waals surface area contributed by atoms with E-state index in [9.17, 15) is 4.79 Å². The molecule has 0 heterocycles. The quantitative estimate of drug-likeness (QED) is 0.673. The summed E-state index contributed by atoms with van der Waals surface area (Å²) < 4.78 is 5.92. The molecule has 1 unspecified atom stereocenters. The molecule has 3 N–H and O–H groups in total. The fourth-order valence-electron chi connectivity index (χ4n) is 1.61. The number of carbonyl (C=O) groups excluding carboxylic acids is 1. The molecule has 0 spiro atoms. The minimum Gasteiger partial charge on any atom is -0.396 e. The number of aliphatic hydroxyl groups excluding tert-OH is 1. The average molecular weight is 331 g/mol. The molecule has 6 heteroatoms. The fourth-order valence-corrected chi connectivity index (χ4v) is 2.01. The van der Waals surface area contributed by atoms with Crippen LogP contribution in [0.15, 0.2) is 28.7 Å². The van der Waals surface area contributed by atoms with Gasteiger partial charge in [-0.25, -0.2) is 0 Å². The number of nitrogens with one attached hydrogen (secondary N) is 2. The molecule has 0 saturated carbocycles. The zero-order chi connectivity index (χ0) is 14.1. The lowest BCUT2D eigenvalue weighted by Gasteiger charge is -2.16. The number of anilines is 1. The van der Waals surface area contributed by atoms with Crippen LogP contribution in [0.3, 0.4) is 0 Å². The molecule has 0 aliphatic carbocycles. The summed E-state index contributed by atoms with van der Waals surface area (Å²) in [5.74, 6) is -0.128. The highest BCUT2D eigenvalue weighted by atomic mass is 79.9. The van der Waals surface area contributed by atoms with Crippen LogP contribution < -0.4 is 10.6 Å². The van der Waals surface area contributed by atoms with Crippen LogP contribution in [0.4, 0.5) is 5.69 Å². The van der Waals surface area contributed by atoms with Gasteiger partial charge in [0.2, 0.25) is 5.91 Å². The van der Waals surface area contributed by atoms with Crippen molar-refractivity contribution in [1.29, 1.82) is 0 Å². The van der Waals surface area contributed by atoms with Crippen molar-refractivity contribution in [2.75, 3.05) is 32.2 Å². The molecule has 19 heavy (non-hydrogen) atoms. The Morgan fingerprint density at radius 1 is 1.53 bits per heavy atom. The fraction of sp³-hybridized carbons (Fsp3) is 0.462. The van der Waals surface area contributed by atoms with E-state index in [0.717, 1.165) is 10.2 Å². The summed E-state index contributed by atoms with van der Waals surface area (Å²) in [7, 11) is 1.59. The van der Waals surface area contributed by atoms with E-state index in [1.807, 2.05) is 24.3 Å². The Hall–Kier alpha value is -0.950. The molecular weight excluding hydrogens is 312 g/mol. The van der Waals surface area contributed by atoms with Gasteiger partial charge in [0.05, 0.1) is 13.2 Å². The van der Waals surface area contributed by atoms with E-state index in [4.69, 9.17) is 9.84 Å². The number of amides is 1. The van der Waals surface area contributed by atoms with Crippen molar-refractivity contribution in [3.05, 3.63) is 28.7 Å². The smallest absolute Gasteiger partial charge is 0.238 e. The van der Waals surface area contributed by atoms with E-state index in [1.165, 1.54) is 0 Å². The topological polar surface area (TPSA) is 70.6 Å². The zero-order valence-corrected chi connectivity index (χ0v) is 12.4. The predicted octanol–water partition coefficient (Wildman–Crippen LogP) is 1.37. The van der Waals surface area contributed by atoms with Gasteiger partial charge in [-0.05, 0) is 24.6 Å². The lowest BCUT2D eigenvalue weighted by Crippen LogP contribution is -2.39. The molecule has 1 aromatic carbocycles. The summed E-state index contributed by atoms with van der Waals surface area (Å²) in [4.78, 5) is 11.7. The average Bonchev–Trinajstić information content (AvgIpc) is 2.36. The number of rotatable bonds is 8. The van der Waals surface area contributed by atoms with Crippen LogP contribution >= 0.6 is 15.9 Å². The zero-order valence-electron chi connectivity index (χ0n) is 10.9. The largest absolute Gasteiger partial charge is 0.396 e. The van der Waals surface area contributed by atoms with E-state index in [2.05, 4.69) is 26.6 Å². The number of ether oxygens (including phenoxy) is 1. The monoisotopic (exact) mass is 330 g/mol. The summed E-state index contributed by atoms with van der Waals surface area (Å²) in [5.41, 5.74) is 0.742. The van der Waals surface area contributed by atoms with Gasteiger partial charge in [-0.1, -0.05) is 22.0 Å². The summed E-state index contributed by atoms with van der Waals surface area (Å²) in [6.07, 6.45) is 0.554. The van der Waals surface area contributed by atoms with Gasteiger partial charge >= 0.3 is 0 Å². The third kappa shape index (κ3) is 6.68. The summed E-state index contributed by atoms with van der Waals surface area (Å²) in [5, 5.41) is 14.7. The molecule has 1 amide bonds. The lowest BCUT2D eigenvalue weighted by molar-refractivity contribution is -0.115. The number of carbonyl (C=O) groups is 1. The molecule has 1 rings (SSSR count). The van der Waals surface area contributed by atoms with Gasteiger partial charge in [-0.15, -0.1) is 0 Å². The van der Waals surface area contributed by atoms with Crippen molar-refractivity contribution >= 4 is 27.5 Å². The highest BCUT2D eigenvalue weighted by Crippen LogP contribution is 2.15. The van der Waals surface area contributed by atoms with Crippen LogP contribution in [-0.4, -0.2) is 43.9 Å². The van der Waals surface area contributed by atoms with E-state index in [-0.39, 0.29) is 25.1 Å². The molecule has 0 bridgehead atoms. The summed E-state index contributed by atoms with van der Waals surface area (Å²) >= 11 is 3.34. The summed E-state index contributed by atoms with van der Waals surface area (Å²) in [6.45, 7) is 0.708. The molecule has 0 aromatic heterocycles. The van der Waals surface area contributed by atoms with Crippen LogP contribution in [0.1, 0.15) is 6.42 Å². The first-order chi connectivity index (χ1) is 9.15. The normalized spacial score (nSPS) is 12.2. The molecule has 1 aromatic rings. The second-order valence-corrected chi connectivity index (χ2v) is 5.02. The molecule has 0 aliphatic heterocycles. The third-order valence-corrected chi connectivity index (χ3v) is 3.00. The third-order valence-electron chi connectivity index (χ3n) is 2.51. The first-order valence-electron chi connectivity index (χ1n) is 6.04. The SMILES string of the molecule is COCC(CCO)NCC(=O)Nc1cccc(Br)c1. The minimum absolute atomic E-state index is 0.0248. The molecule has 5 nitrogen and oxygen atoms in total. The Balaban J connectivity index is 2.38. The summed E-state index contributed by atoms with van der Waals surface area (Å²) in [6, 6.07) is 7.38. The maximum absolute atomic E-state index is 11.7. The van der Waals surface area contributed by atoms with Crippen LogP contribution in [-0.2, 0) is 9.53 Å². The molecule has 0 radical (unpaired) electrons. The number of hydrogen-bond donors (Lipinski definition) is 3. The molecule has 0 aliphatic rings. The second-order valence-electron chi connectivity index (χ2n) is 4.10. The van der Waals surface area contributed by atoms with Gasteiger partial charge in [0.15, 0.2) is 0 Å². The molecule has 1 atom stereocenters. The van der Waals surface area contributed by atoms with Crippen molar-refractivity contribution in [3.8, 4) is 0 Å². The Morgan fingerprint density at radius 2 is 2.32 bits per heavy atom. The van der Waals surface area contributed by atoms with Gasteiger partial charge in [-0.2, -0.15) is 0 Å². The van der Waals surface area contributed by atoms with Crippen molar-refractivity contribution in [2.45, 2.75) is 12.5 Å². The highest BCUT2D eigenvalue weighted by molar-refractivity contribution is 9.10. The van der Waals surface area contributed by atoms with Gasteiger partial charge < -0.3 is 20.5 Å². The van der Waals surface area contributed by atoms with Crippen molar-refractivity contribution in [1.82, 2.24) is 5.32 Å². The maximum atomic E-state index is 11.7. The second kappa shape index (κ2) is 9.03. The number of halogens is 1. The number of benzene rings is 1. The van der Waals surface area contributed by atoms with Crippen LogP contribution in [0.5, 0.6) is 0 Å². The Bertz CT molecular complexity index is 395. The maximum Gasteiger partial charge on any atom is 0.238 e. The molecule has 106 valence electrons. The van der Waals surface area contributed by atoms with Crippen LogP contribution in [0.25, 0.3) is 0 Å². The molecular formula is C13H19BrN2O3. The van der Waals surface area contributed by atoms with Crippen LogP contribution in [0.2, 0.25) is 0 Å². The molecule has 0 fully saturated rings. The Labute approximate surface area is 121 Å². The first-order valence-corrected chi connectivity index (χ1v) is 6.83. The predicted molar refractivity (Wildman–Crippen MR) is 78.1 cm³/mol. The van der Waals surface area contributed by atoms with Crippen molar-refractivity contribution < 1.29 is 14.6 Å². The van der Waals surface area contributed by atoms with E-state index >= 15 is 0 Å². The lowest BCUT2D eigenvalue weighted by atomic mass is 10.2. The Kier molecular flexibility index (Phi) is 7.66. The number of aliphatic hydroxyl groups is 1. The highest BCUT2D eigenvalue weighted by Gasteiger charge is 2.09. The number of hydrogen-bond acceptors (Lipinski definition) is 4. The van der Waals surface area contributed by atoms with E-state index < -0.39 is 0 Å². The standard InChI is InChI=1S/C13H19BrN2O3/c1-19-9-12(5-6-17)15-8-13(18)16-11-4-2-3-10(14)7-11/h2-4,7,12,15,17H,5-6,8-9H2,1H3,(H,16,18). The van der Waals surface area contributed by atoms with E-state index in [1.54, 1.807) is 7.11 Å². The van der Waals surface area contributed by atoms with Gasteiger partial charge in [0, 0.05) is 29.9 Å². The van der Waals surface area contributed by atoms with Gasteiger partial charge in [0.1, 0.15) is 0 Å². The van der Waals surface area contributed by atoms with Gasteiger partial charge in [0.25, 0.3) is 0 Å². The van der Waals surface area contributed by atoms with Crippen LogP contribution in [0, 0.1) is 0 Å². The Morgan fingerprint density at radius 3 is 2.95 bits per heavy atom. The first kappa shape index (κ1) is 16.1. The van der Waals surface area contributed by atoms with Crippen molar-refractivity contribution in [2.24, 2.45) is 0 Å². The van der Waals surface area contributed by atoms with E-state index in [0.29, 0.717) is 13.0 Å². The van der Waals surface area contributed by atoms with Gasteiger partial charge in [-0.3, -0.25) is 4.79 Å². The van der Waals surface area contributed by atoms with Crippen molar-refractivity contribution in [3.63, 3.8) is 0 Å².